The molecule has 13 heavy (non-hydrogen) atoms. The highest BCUT2D eigenvalue weighted by molar-refractivity contribution is 7.92. The van der Waals surface area contributed by atoms with E-state index in [4.69, 9.17) is 0 Å². The van der Waals surface area contributed by atoms with Gasteiger partial charge in [0, 0.05) is 4.90 Å². The molecular weight excluding hydrogens is 204 g/mol. The van der Waals surface area contributed by atoms with E-state index in [-0.39, 0.29) is 5.75 Å². The normalized spacial score (nSPS) is 11.5. The predicted molar refractivity (Wildman–Crippen MR) is 56.0 cm³/mol. The number of thiol groups is 1. The van der Waals surface area contributed by atoms with Crippen LogP contribution < -0.4 is 0 Å². The molecule has 1 aromatic carbocycles. The molecule has 0 aliphatic heterocycles. The monoisotopic (exact) mass is 216 g/mol. The van der Waals surface area contributed by atoms with Crippen LogP contribution in [0, 0.1) is 0 Å². The summed E-state index contributed by atoms with van der Waals surface area (Å²) >= 11 is 4.10. The average Bonchev–Trinajstić information content (AvgIpc) is 2.04. The molecular formula is C9H12O2S2. The van der Waals surface area contributed by atoms with Crippen molar-refractivity contribution >= 4 is 22.5 Å². The minimum Gasteiger partial charge on any atom is -0.224 e. The van der Waals surface area contributed by atoms with Crippen LogP contribution in [-0.4, -0.2) is 14.2 Å². The van der Waals surface area contributed by atoms with Gasteiger partial charge in [0.05, 0.1) is 10.6 Å². The largest absolute Gasteiger partial charge is 0.224 e. The van der Waals surface area contributed by atoms with Gasteiger partial charge in [0.1, 0.15) is 0 Å². The summed E-state index contributed by atoms with van der Waals surface area (Å²) in [5.74, 6) is 0.185. The molecule has 0 atom stereocenters. The van der Waals surface area contributed by atoms with Crippen molar-refractivity contribution in [2.75, 3.05) is 5.75 Å². The standard InChI is InChI=1S/C9H12O2S2/c1-2-7-13(10,11)9-6-4-3-5-8(9)12/h3-6,12H,2,7H2,1H3. The van der Waals surface area contributed by atoms with Crippen LogP contribution in [-0.2, 0) is 9.84 Å². The molecule has 0 saturated heterocycles. The SMILES string of the molecule is CCCS(=O)(=O)c1ccccc1S. The van der Waals surface area contributed by atoms with Crippen LogP contribution in [0.25, 0.3) is 0 Å². The van der Waals surface area contributed by atoms with Crippen molar-refractivity contribution in [3.63, 3.8) is 0 Å². The second-order valence-corrected chi connectivity index (χ2v) is 5.35. The highest BCUT2D eigenvalue weighted by Crippen LogP contribution is 2.20. The Bertz CT molecular complexity index is 382. The minimum atomic E-state index is -3.12. The maximum atomic E-state index is 11.6. The summed E-state index contributed by atoms with van der Waals surface area (Å²) in [7, 11) is -3.12. The Morgan fingerprint density at radius 1 is 1.31 bits per heavy atom. The molecule has 0 amide bonds. The van der Waals surface area contributed by atoms with Crippen molar-refractivity contribution in [3.05, 3.63) is 24.3 Å². The molecule has 0 aliphatic rings. The van der Waals surface area contributed by atoms with Gasteiger partial charge in [0.15, 0.2) is 9.84 Å². The molecule has 0 fully saturated rings. The molecule has 0 unspecified atom stereocenters. The second kappa shape index (κ2) is 4.15. The average molecular weight is 216 g/mol. The maximum Gasteiger partial charge on any atom is 0.179 e. The van der Waals surface area contributed by atoms with E-state index < -0.39 is 9.84 Å². The van der Waals surface area contributed by atoms with Gasteiger partial charge in [-0.15, -0.1) is 12.6 Å². The fraction of sp³-hybridized carbons (Fsp3) is 0.333. The van der Waals surface area contributed by atoms with Crippen LogP contribution in [0.4, 0.5) is 0 Å². The quantitative estimate of drug-likeness (QED) is 0.786. The van der Waals surface area contributed by atoms with Crippen LogP contribution >= 0.6 is 12.6 Å². The number of benzene rings is 1. The smallest absolute Gasteiger partial charge is 0.179 e. The fourth-order valence-corrected chi connectivity index (χ4v) is 3.11. The zero-order chi connectivity index (χ0) is 9.90. The van der Waals surface area contributed by atoms with Gasteiger partial charge in [0.25, 0.3) is 0 Å². The van der Waals surface area contributed by atoms with Gasteiger partial charge < -0.3 is 0 Å². The second-order valence-electron chi connectivity index (χ2n) is 2.79. The highest BCUT2D eigenvalue weighted by Gasteiger charge is 2.14. The van der Waals surface area contributed by atoms with Crippen LogP contribution in [0.15, 0.2) is 34.1 Å². The van der Waals surface area contributed by atoms with Gasteiger partial charge in [-0.3, -0.25) is 0 Å². The van der Waals surface area contributed by atoms with Crippen LogP contribution in [0.2, 0.25) is 0 Å². The Balaban J connectivity index is 3.15. The Labute approximate surface area is 84.3 Å². The number of rotatable bonds is 3. The van der Waals surface area contributed by atoms with Crippen molar-refractivity contribution in [2.45, 2.75) is 23.1 Å². The van der Waals surface area contributed by atoms with E-state index in [9.17, 15) is 8.42 Å². The summed E-state index contributed by atoms with van der Waals surface area (Å²) < 4.78 is 23.2. The van der Waals surface area contributed by atoms with Gasteiger partial charge >= 0.3 is 0 Å². The van der Waals surface area contributed by atoms with Crippen molar-refractivity contribution in [2.24, 2.45) is 0 Å². The summed E-state index contributed by atoms with van der Waals surface area (Å²) in [4.78, 5) is 0.858. The number of hydrogen-bond acceptors (Lipinski definition) is 3. The Hall–Kier alpha value is -0.480. The first-order chi connectivity index (χ1) is 6.08. The van der Waals surface area contributed by atoms with E-state index in [1.165, 1.54) is 0 Å². The van der Waals surface area contributed by atoms with Crippen LogP contribution in [0.1, 0.15) is 13.3 Å². The summed E-state index contributed by atoms with van der Waals surface area (Å²) in [6, 6.07) is 6.76. The molecule has 0 radical (unpaired) electrons. The zero-order valence-corrected chi connectivity index (χ0v) is 9.11. The van der Waals surface area contributed by atoms with E-state index in [0.717, 1.165) is 0 Å². The summed E-state index contributed by atoms with van der Waals surface area (Å²) in [6.07, 6.45) is 0.629. The maximum absolute atomic E-state index is 11.6. The van der Waals surface area contributed by atoms with E-state index in [1.807, 2.05) is 6.92 Å². The van der Waals surface area contributed by atoms with Crippen molar-refractivity contribution < 1.29 is 8.42 Å². The summed E-state index contributed by atoms with van der Waals surface area (Å²) in [5, 5.41) is 0. The van der Waals surface area contributed by atoms with Crippen LogP contribution in [0.5, 0.6) is 0 Å². The molecule has 0 spiro atoms. The van der Waals surface area contributed by atoms with E-state index in [1.54, 1.807) is 24.3 Å². The Morgan fingerprint density at radius 3 is 2.46 bits per heavy atom. The van der Waals surface area contributed by atoms with Crippen molar-refractivity contribution in [1.82, 2.24) is 0 Å². The topological polar surface area (TPSA) is 34.1 Å². The minimum absolute atomic E-state index is 0.185. The van der Waals surface area contributed by atoms with Crippen molar-refractivity contribution in [1.29, 1.82) is 0 Å². The van der Waals surface area contributed by atoms with Gasteiger partial charge in [-0.1, -0.05) is 19.1 Å². The van der Waals surface area contributed by atoms with Gasteiger partial charge in [-0.05, 0) is 18.6 Å². The molecule has 0 aliphatic carbocycles. The third kappa shape index (κ3) is 2.48. The highest BCUT2D eigenvalue weighted by atomic mass is 32.2. The lowest BCUT2D eigenvalue weighted by Gasteiger charge is -2.04. The molecule has 1 rings (SSSR count). The third-order valence-electron chi connectivity index (χ3n) is 1.67. The van der Waals surface area contributed by atoms with Gasteiger partial charge in [-0.25, -0.2) is 8.42 Å². The first-order valence-electron chi connectivity index (χ1n) is 4.08. The summed E-state index contributed by atoms with van der Waals surface area (Å²) in [6.45, 7) is 1.85. The van der Waals surface area contributed by atoms with E-state index in [2.05, 4.69) is 12.6 Å². The Morgan fingerprint density at radius 2 is 1.92 bits per heavy atom. The third-order valence-corrected chi connectivity index (χ3v) is 4.19. The lowest BCUT2D eigenvalue weighted by molar-refractivity contribution is 0.593. The summed E-state index contributed by atoms with van der Waals surface area (Å²) in [5.41, 5.74) is 0. The first-order valence-corrected chi connectivity index (χ1v) is 6.18. The van der Waals surface area contributed by atoms with Crippen LogP contribution in [0.3, 0.4) is 0 Å². The van der Waals surface area contributed by atoms with E-state index >= 15 is 0 Å². The molecule has 0 N–H and O–H groups in total. The predicted octanol–water partition coefficient (Wildman–Crippen LogP) is 2.16. The number of hydrogen-bond donors (Lipinski definition) is 1. The molecule has 72 valence electrons. The first kappa shape index (κ1) is 10.6. The lowest BCUT2D eigenvalue weighted by atomic mass is 10.4. The molecule has 4 heteroatoms. The van der Waals surface area contributed by atoms with E-state index in [0.29, 0.717) is 16.2 Å². The molecule has 1 aromatic rings. The molecule has 2 nitrogen and oxygen atoms in total. The molecule has 0 heterocycles. The fourth-order valence-electron chi connectivity index (χ4n) is 1.10. The molecule has 0 bridgehead atoms. The zero-order valence-electron chi connectivity index (χ0n) is 7.40. The molecule has 0 saturated carbocycles. The number of sulfone groups is 1. The molecule has 0 aromatic heterocycles. The Kier molecular flexibility index (Phi) is 3.39. The van der Waals surface area contributed by atoms with Gasteiger partial charge in [0.2, 0.25) is 0 Å². The lowest BCUT2D eigenvalue weighted by Crippen LogP contribution is -2.06. The van der Waals surface area contributed by atoms with Gasteiger partial charge in [-0.2, -0.15) is 0 Å². The van der Waals surface area contributed by atoms with Crippen molar-refractivity contribution in [3.8, 4) is 0 Å².